The minimum atomic E-state index is -0.438. The maximum absolute atomic E-state index is 11.6. The van der Waals surface area contributed by atoms with Crippen LogP contribution in [0.25, 0.3) is 0 Å². The van der Waals surface area contributed by atoms with Crippen LogP contribution in [0.5, 0.6) is 0 Å². The third-order valence-corrected chi connectivity index (χ3v) is 2.19. The highest BCUT2D eigenvalue weighted by Gasteiger charge is 2.22. The summed E-state index contributed by atoms with van der Waals surface area (Å²) in [5, 5.41) is 2.93. The normalized spacial score (nSPS) is 12.5. The zero-order valence-electron chi connectivity index (χ0n) is 9.36. The second-order valence-electron chi connectivity index (χ2n) is 3.08. The van der Waals surface area contributed by atoms with E-state index in [1.165, 1.54) is 0 Å². The first kappa shape index (κ1) is 11.7. The first-order valence-corrected chi connectivity index (χ1v) is 5.08. The fourth-order valence-corrected chi connectivity index (χ4v) is 1.45. The Balaban J connectivity index is 2.86. The molecule has 1 aromatic rings. The van der Waals surface area contributed by atoms with Gasteiger partial charge in [0.05, 0.1) is 24.8 Å². The lowest BCUT2D eigenvalue weighted by molar-refractivity contribution is -0.145. The third kappa shape index (κ3) is 2.56. The molecule has 1 atom stereocenters. The number of hydrogen-bond donors (Lipinski definition) is 1. The number of aryl methyl sites for hydroxylation is 1. The molecule has 5 nitrogen and oxygen atoms in total. The topological polar surface area (TPSA) is 56.1 Å². The summed E-state index contributed by atoms with van der Waals surface area (Å²) >= 11 is 0. The van der Waals surface area contributed by atoms with Gasteiger partial charge in [-0.05, 0) is 20.9 Å². The van der Waals surface area contributed by atoms with Gasteiger partial charge < -0.3 is 14.6 Å². The van der Waals surface area contributed by atoms with Crippen molar-refractivity contribution in [1.29, 1.82) is 0 Å². The number of likely N-dealkylation sites (N-methyl/N-ethyl adjacent to an activating group) is 1. The lowest BCUT2D eigenvalue weighted by Crippen LogP contribution is -2.29. The highest BCUT2D eigenvalue weighted by molar-refractivity contribution is 5.77. The van der Waals surface area contributed by atoms with E-state index in [1.807, 2.05) is 11.5 Å². The molecule has 0 amide bonds. The molecule has 1 heterocycles. The summed E-state index contributed by atoms with van der Waals surface area (Å²) in [5.41, 5.74) is 0.832. The molecular formula is C10H17N3O2. The van der Waals surface area contributed by atoms with Gasteiger partial charge in [0.1, 0.15) is 6.04 Å². The minimum absolute atomic E-state index is 0.268. The molecule has 1 unspecified atom stereocenters. The van der Waals surface area contributed by atoms with Crippen molar-refractivity contribution in [3.63, 3.8) is 0 Å². The van der Waals surface area contributed by atoms with Crippen molar-refractivity contribution >= 4 is 5.97 Å². The molecule has 0 saturated heterocycles. The molecule has 0 aliphatic heterocycles. The predicted molar refractivity (Wildman–Crippen MR) is 56.3 cm³/mol. The highest BCUT2D eigenvalue weighted by Crippen LogP contribution is 2.13. The van der Waals surface area contributed by atoms with Crippen LogP contribution < -0.4 is 5.32 Å². The van der Waals surface area contributed by atoms with Crippen molar-refractivity contribution in [2.75, 3.05) is 13.7 Å². The van der Waals surface area contributed by atoms with E-state index in [0.717, 1.165) is 12.2 Å². The van der Waals surface area contributed by atoms with E-state index in [4.69, 9.17) is 4.74 Å². The number of nitrogens with one attached hydrogen (secondary N) is 1. The van der Waals surface area contributed by atoms with E-state index in [9.17, 15) is 4.79 Å². The van der Waals surface area contributed by atoms with Crippen LogP contribution >= 0.6 is 0 Å². The van der Waals surface area contributed by atoms with Gasteiger partial charge in [-0.15, -0.1) is 0 Å². The largest absolute Gasteiger partial charge is 0.465 e. The molecule has 0 fully saturated rings. The standard InChI is InChI=1S/C10H17N3O2/c1-4-13-7-12-6-8(13)9(11-3)10(14)15-5-2/h6-7,9,11H,4-5H2,1-3H3. The summed E-state index contributed by atoms with van der Waals surface area (Å²) in [4.78, 5) is 15.6. The SMILES string of the molecule is CCOC(=O)C(NC)c1cncn1CC. The van der Waals surface area contributed by atoms with Gasteiger partial charge in [-0.25, -0.2) is 9.78 Å². The molecular weight excluding hydrogens is 194 g/mol. The van der Waals surface area contributed by atoms with Crippen LogP contribution in [-0.4, -0.2) is 29.2 Å². The highest BCUT2D eigenvalue weighted by atomic mass is 16.5. The number of rotatable bonds is 5. The average molecular weight is 211 g/mol. The van der Waals surface area contributed by atoms with Crippen molar-refractivity contribution in [3.05, 3.63) is 18.2 Å². The summed E-state index contributed by atoms with van der Waals surface area (Å²) in [6.45, 7) is 4.97. The van der Waals surface area contributed by atoms with Crippen LogP contribution in [-0.2, 0) is 16.1 Å². The number of imidazole rings is 1. The van der Waals surface area contributed by atoms with Gasteiger partial charge in [0.2, 0.25) is 0 Å². The van der Waals surface area contributed by atoms with Gasteiger partial charge in [-0.3, -0.25) is 0 Å². The molecule has 1 N–H and O–H groups in total. The Bertz CT molecular complexity index is 322. The van der Waals surface area contributed by atoms with E-state index in [1.54, 1.807) is 26.5 Å². The van der Waals surface area contributed by atoms with E-state index in [2.05, 4.69) is 10.3 Å². The van der Waals surface area contributed by atoms with E-state index in [-0.39, 0.29) is 5.97 Å². The van der Waals surface area contributed by atoms with Crippen molar-refractivity contribution < 1.29 is 9.53 Å². The number of ether oxygens (including phenoxy) is 1. The fraction of sp³-hybridized carbons (Fsp3) is 0.600. The number of aromatic nitrogens is 2. The third-order valence-electron chi connectivity index (χ3n) is 2.19. The van der Waals surface area contributed by atoms with Gasteiger partial charge in [0.25, 0.3) is 0 Å². The number of hydrogen-bond acceptors (Lipinski definition) is 4. The van der Waals surface area contributed by atoms with Crippen LogP contribution in [0.4, 0.5) is 0 Å². The average Bonchev–Trinajstić information content (AvgIpc) is 2.67. The Morgan fingerprint density at radius 1 is 1.67 bits per heavy atom. The Hall–Kier alpha value is -1.36. The molecule has 1 aromatic heterocycles. The van der Waals surface area contributed by atoms with Gasteiger partial charge >= 0.3 is 5.97 Å². The van der Waals surface area contributed by atoms with Crippen molar-refractivity contribution in [3.8, 4) is 0 Å². The van der Waals surface area contributed by atoms with E-state index >= 15 is 0 Å². The minimum Gasteiger partial charge on any atom is -0.465 e. The Labute approximate surface area is 89.4 Å². The number of carbonyl (C=O) groups is 1. The zero-order chi connectivity index (χ0) is 11.3. The second kappa shape index (κ2) is 5.50. The molecule has 0 spiro atoms. The van der Waals surface area contributed by atoms with Gasteiger partial charge in [0.15, 0.2) is 0 Å². The summed E-state index contributed by atoms with van der Waals surface area (Å²) < 4.78 is 6.89. The number of carbonyl (C=O) groups excluding carboxylic acids is 1. The molecule has 0 saturated carbocycles. The van der Waals surface area contributed by atoms with Gasteiger partial charge in [-0.1, -0.05) is 0 Å². The van der Waals surface area contributed by atoms with Gasteiger partial charge in [-0.2, -0.15) is 0 Å². The smallest absolute Gasteiger partial charge is 0.329 e. The van der Waals surface area contributed by atoms with Crippen LogP contribution in [0.2, 0.25) is 0 Å². The fourth-order valence-electron chi connectivity index (χ4n) is 1.45. The van der Waals surface area contributed by atoms with Crippen LogP contribution in [0.15, 0.2) is 12.5 Å². The lowest BCUT2D eigenvalue weighted by atomic mass is 10.2. The first-order valence-electron chi connectivity index (χ1n) is 5.08. The van der Waals surface area contributed by atoms with Crippen LogP contribution in [0, 0.1) is 0 Å². The maximum atomic E-state index is 11.6. The quantitative estimate of drug-likeness (QED) is 0.729. The van der Waals surface area contributed by atoms with Crippen molar-refractivity contribution in [2.45, 2.75) is 26.4 Å². The maximum Gasteiger partial charge on any atom is 0.329 e. The molecule has 0 bridgehead atoms. The Morgan fingerprint density at radius 3 is 2.93 bits per heavy atom. The second-order valence-corrected chi connectivity index (χ2v) is 3.08. The molecule has 0 aliphatic carbocycles. The summed E-state index contributed by atoms with van der Waals surface area (Å²) in [7, 11) is 1.73. The van der Waals surface area contributed by atoms with Crippen molar-refractivity contribution in [2.24, 2.45) is 0 Å². The summed E-state index contributed by atoms with van der Waals surface area (Å²) in [6.07, 6.45) is 3.39. The Kier molecular flexibility index (Phi) is 4.30. The van der Waals surface area contributed by atoms with Crippen molar-refractivity contribution in [1.82, 2.24) is 14.9 Å². The van der Waals surface area contributed by atoms with Crippen LogP contribution in [0.3, 0.4) is 0 Å². The first-order chi connectivity index (χ1) is 7.24. The molecule has 84 valence electrons. The van der Waals surface area contributed by atoms with Crippen LogP contribution in [0.1, 0.15) is 25.6 Å². The molecule has 1 rings (SSSR count). The van der Waals surface area contributed by atoms with E-state index < -0.39 is 6.04 Å². The summed E-state index contributed by atoms with van der Waals surface area (Å²) in [5.74, 6) is -0.268. The molecule has 0 aliphatic rings. The molecule has 0 radical (unpaired) electrons. The zero-order valence-corrected chi connectivity index (χ0v) is 9.36. The Morgan fingerprint density at radius 2 is 2.40 bits per heavy atom. The molecule has 15 heavy (non-hydrogen) atoms. The summed E-state index contributed by atoms with van der Waals surface area (Å²) in [6, 6.07) is -0.438. The molecule has 5 heteroatoms. The monoisotopic (exact) mass is 211 g/mol. The lowest BCUT2D eigenvalue weighted by Gasteiger charge is -2.15. The van der Waals surface area contributed by atoms with Gasteiger partial charge in [0, 0.05) is 6.54 Å². The van der Waals surface area contributed by atoms with E-state index in [0.29, 0.717) is 6.61 Å². The predicted octanol–water partition coefficient (Wildman–Crippen LogP) is 0.727. The molecule has 0 aromatic carbocycles. The number of esters is 1. The number of nitrogens with zero attached hydrogens (tertiary/aromatic N) is 2.